The minimum atomic E-state index is -0.832. The number of benzene rings is 1. The van der Waals surface area contributed by atoms with Crippen LogP contribution in [0.2, 0.25) is 5.02 Å². The molecule has 0 spiro atoms. The molecule has 1 aromatic rings. The first-order valence-electron chi connectivity index (χ1n) is 7.36. The number of carboxylic acid groups (broad SMARTS) is 1. The molecule has 0 aliphatic carbocycles. The summed E-state index contributed by atoms with van der Waals surface area (Å²) in [7, 11) is 0. The Morgan fingerprint density at radius 2 is 2.08 bits per heavy atom. The number of carbonyl (C=O) groups is 2. The van der Waals surface area contributed by atoms with Crippen LogP contribution in [-0.2, 0) is 9.59 Å². The number of hydrogen-bond acceptors (Lipinski definition) is 5. The molecule has 0 saturated carbocycles. The van der Waals surface area contributed by atoms with E-state index in [9.17, 15) is 9.59 Å². The zero-order valence-corrected chi connectivity index (χ0v) is 13.8. The summed E-state index contributed by atoms with van der Waals surface area (Å²) in [4.78, 5) is 22.2. The minimum absolute atomic E-state index is 0.0894. The van der Waals surface area contributed by atoms with Crippen LogP contribution < -0.4 is 16.4 Å². The number of carboxylic acids is 1. The Balaban J connectivity index is 2.45. The first-order chi connectivity index (χ1) is 11.4. The van der Waals surface area contributed by atoms with E-state index in [2.05, 4.69) is 10.6 Å². The van der Waals surface area contributed by atoms with Gasteiger partial charge in [-0.1, -0.05) is 18.0 Å². The third-order valence-electron chi connectivity index (χ3n) is 3.08. The number of nitrogen functional groups attached to an aromatic ring is 1. The maximum Gasteiger partial charge on any atom is 0.303 e. The largest absolute Gasteiger partial charge is 0.481 e. The van der Waals surface area contributed by atoms with Crippen molar-refractivity contribution >= 4 is 34.9 Å². The molecule has 0 radical (unpaired) electrons. The molecule has 0 aromatic heterocycles. The second-order valence-corrected chi connectivity index (χ2v) is 5.42. The fraction of sp³-hybridized carbons (Fsp3) is 0.312. The quantitative estimate of drug-likeness (QED) is 0.234. The average molecular weight is 351 g/mol. The van der Waals surface area contributed by atoms with Gasteiger partial charge in [0.15, 0.2) is 0 Å². The van der Waals surface area contributed by atoms with Gasteiger partial charge in [-0.15, -0.1) is 0 Å². The molecule has 5 N–H and O–H groups in total. The van der Waals surface area contributed by atoms with Crippen molar-refractivity contribution in [1.82, 2.24) is 5.32 Å². The molecule has 1 rings (SSSR count). The number of nitrogens with two attached hydrogens (primary N) is 1. The SMILES string of the molecule is N#C/C(=C/Nc1ccc(N)cc1Cl)C(=O)NCCCCCC(=O)O. The summed E-state index contributed by atoms with van der Waals surface area (Å²) in [5.41, 5.74) is 6.54. The van der Waals surface area contributed by atoms with E-state index in [1.807, 2.05) is 6.07 Å². The second-order valence-electron chi connectivity index (χ2n) is 5.01. The van der Waals surface area contributed by atoms with Gasteiger partial charge in [-0.2, -0.15) is 5.26 Å². The molecule has 7 nitrogen and oxygen atoms in total. The van der Waals surface area contributed by atoms with Crippen molar-refractivity contribution in [1.29, 1.82) is 5.26 Å². The number of hydrogen-bond donors (Lipinski definition) is 4. The van der Waals surface area contributed by atoms with E-state index in [4.69, 9.17) is 27.7 Å². The minimum Gasteiger partial charge on any atom is -0.481 e. The van der Waals surface area contributed by atoms with Gasteiger partial charge in [0.25, 0.3) is 5.91 Å². The highest BCUT2D eigenvalue weighted by Crippen LogP contribution is 2.24. The summed E-state index contributed by atoms with van der Waals surface area (Å²) in [6, 6.07) is 6.65. The van der Waals surface area contributed by atoms with Crippen molar-refractivity contribution in [2.24, 2.45) is 0 Å². The van der Waals surface area contributed by atoms with Gasteiger partial charge in [0.1, 0.15) is 11.6 Å². The number of halogens is 1. The van der Waals surface area contributed by atoms with Gasteiger partial charge < -0.3 is 21.5 Å². The van der Waals surface area contributed by atoms with Gasteiger partial charge in [-0.05, 0) is 31.0 Å². The normalized spacial score (nSPS) is 10.8. The monoisotopic (exact) mass is 350 g/mol. The zero-order chi connectivity index (χ0) is 17.9. The number of amides is 1. The molecule has 0 aliphatic rings. The fourth-order valence-corrected chi connectivity index (χ4v) is 2.07. The van der Waals surface area contributed by atoms with Crippen molar-refractivity contribution in [2.45, 2.75) is 25.7 Å². The number of nitrogens with zero attached hydrogens (tertiary/aromatic N) is 1. The average Bonchev–Trinajstić information content (AvgIpc) is 2.52. The number of carbonyl (C=O) groups excluding carboxylic acids is 1. The van der Waals surface area contributed by atoms with Crippen molar-refractivity contribution in [3.8, 4) is 6.07 Å². The lowest BCUT2D eigenvalue weighted by atomic mass is 10.2. The van der Waals surface area contributed by atoms with Gasteiger partial charge in [0.2, 0.25) is 0 Å². The van der Waals surface area contributed by atoms with Crippen LogP contribution in [0.5, 0.6) is 0 Å². The first-order valence-corrected chi connectivity index (χ1v) is 7.73. The van der Waals surface area contributed by atoms with Crippen LogP contribution in [0, 0.1) is 11.3 Å². The molecule has 0 heterocycles. The lowest BCUT2D eigenvalue weighted by molar-refractivity contribution is -0.137. The summed E-state index contributed by atoms with van der Waals surface area (Å²) in [6.07, 6.45) is 3.29. The highest BCUT2D eigenvalue weighted by atomic mass is 35.5. The lowest BCUT2D eigenvalue weighted by Crippen LogP contribution is -2.26. The maximum absolute atomic E-state index is 11.9. The molecular weight excluding hydrogens is 332 g/mol. The highest BCUT2D eigenvalue weighted by molar-refractivity contribution is 6.33. The molecule has 0 atom stereocenters. The molecule has 0 saturated heterocycles. The molecule has 0 fully saturated rings. The first kappa shape index (κ1) is 19.3. The van der Waals surface area contributed by atoms with E-state index in [-0.39, 0.29) is 12.0 Å². The summed E-state index contributed by atoms with van der Waals surface area (Å²) in [5, 5.41) is 23.4. The van der Waals surface area contributed by atoms with Gasteiger partial charge in [-0.3, -0.25) is 9.59 Å². The van der Waals surface area contributed by atoms with Crippen LogP contribution in [0.1, 0.15) is 25.7 Å². The molecule has 0 unspecified atom stereocenters. The van der Waals surface area contributed by atoms with Crippen LogP contribution in [0.3, 0.4) is 0 Å². The van der Waals surface area contributed by atoms with Gasteiger partial charge >= 0.3 is 5.97 Å². The fourth-order valence-electron chi connectivity index (χ4n) is 1.82. The van der Waals surface area contributed by atoms with E-state index in [1.54, 1.807) is 18.2 Å². The molecule has 128 valence electrons. The molecule has 1 aromatic carbocycles. The zero-order valence-electron chi connectivity index (χ0n) is 13.0. The van der Waals surface area contributed by atoms with Crippen molar-refractivity contribution in [3.05, 3.63) is 35.0 Å². The third kappa shape index (κ3) is 7.03. The molecular formula is C16H19ClN4O3. The van der Waals surface area contributed by atoms with Crippen LogP contribution in [0.25, 0.3) is 0 Å². The van der Waals surface area contributed by atoms with E-state index in [0.29, 0.717) is 42.2 Å². The van der Waals surface area contributed by atoms with Crippen LogP contribution in [0.15, 0.2) is 30.0 Å². The molecule has 0 bridgehead atoms. The summed E-state index contributed by atoms with van der Waals surface area (Å²) in [5.74, 6) is -1.34. The maximum atomic E-state index is 11.9. The number of rotatable bonds is 9. The van der Waals surface area contributed by atoms with Crippen LogP contribution in [0.4, 0.5) is 11.4 Å². The lowest BCUT2D eigenvalue weighted by Gasteiger charge is -2.07. The molecule has 24 heavy (non-hydrogen) atoms. The number of nitriles is 1. The second kappa shape index (κ2) is 10.1. The number of unbranched alkanes of at least 4 members (excludes halogenated alkanes) is 2. The third-order valence-corrected chi connectivity index (χ3v) is 3.40. The van der Waals surface area contributed by atoms with Crippen molar-refractivity contribution < 1.29 is 14.7 Å². The van der Waals surface area contributed by atoms with E-state index >= 15 is 0 Å². The summed E-state index contributed by atoms with van der Waals surface area (Å²) >= 11 is 5.99. The van der Waals surface area contributed by atoms with E-state index in [0.717, 1.165) is 0 Å². The van der Waals surface area contributed by atoms with Gasteiger partial charge in [0, 0.05) is 24.9 Å². The summed E-state index contributed by atoms with van der Waals surface area (Å²) < 4.78 is 0. The Morgan fingerprint density at radius 3 is 2.71 bits per heavy atom. The molecule has 1 amide bonds. The Bertz CT molecular complexity index is 668. The van der Waals surface area contributed by atoms with Gasteiger partial charge in [-0.25, -0.2) is 0 Å². The molecule has 0 aliphatic heterocycles. The van der Waals surface area contributed by atoms with Crippen LogP contribution >= 0.6 is 11.6 Å². The Kier molecular flexibility index (Phi) is 8.16. The van der Waals surface area contributed by atoms with E-state index < -0.39 is 11.9 Å². The topological polar surface area (TPSA) is 128 Å². The summed E-state index contributed by atoms with van der Waals surface area (Å²) in [6.45, 7) is 0.375. The van der Waals surface area contributed by atoms with Crippen LogP contribution in [-0.4, -0.2) is 23.5 Å². The van der Waals surface area contributed by atoms with Gasteiger partial charge in [0.05, 0.1) is 10.7 Å². The standard InChI is InChI=1S/C16H19ClN4O3/c17-13-8-12(19)5-6-14(13)21-10-11(9-18)16(24)20-7-3-1-2-4-15(22)23/h5-6,8,10,21H,1-4,7,19H2,(H,20,24)(H,22,23)/b11-10-. The predicted octanol–water partition coefficient (Wildman–Crippen LogP) is 2.50. The predicted molar refractivity (Wildman–Crippen MR) is 92.3 cm³/mol. The van der Waals surface area contributed by atoms with Crippen molar-refractivity contribution in [2.75, 3.05) is 17.6 Å². The Hall–Kier alpha value is -2.72. The smallest absolute Gasteiger partial charge is 0.303 e. The Labute approximate surface area is 145 Å². The number of anilines is 2. The molecule has 8 heteroatoms. The number of nitrogens with one attached hydrogen (secondary N) is 2. The van der Waals surface area contributed by atoms with Crippen molar-refractivity contribution in [3.63, 3.8) is 0 Å². The van der Waals surface area contributed by atoms with E-state index in [1.165, 1.54) is 6.20 Å². The Morgan fingerprint density at radius 1 is 1.33 bits per heavy atom. The number of aliphatic carboxylic acids is 1. The highest BCUT2D eigenvalue weighted by Gasteiger charge is 2.08.